The van der Waals surface area contributed by atoms with Gasteiger partial charge in [-0.15, -0.1) is 0 Å². The molecule has 3 fully saturated rings. The lowest BCUT2D eigenvalue weighted by Crippen LogP contribution is -2.55. The van der Waals surface area contributed by atoms with Crippen LogP contribution in [-0.2, 0) is 14.4 Å². The number of ether oxygens (including phenoxy) is 1. The van der Waals surface area contributed by atoms with Crippen LogP contribution in [0.5, 0.6) is 5.19 Å². The molecular formula is C32H36F2N4O5S. The summed E-state index contributed by atoms with van der Waals surface area (Å²) in [5.74, 6) is -2.83. The number of anilines is 1. The molecule has 6 rings (SSSR count). The first-order valence-corrected chi connectivity index (χ1v) is 16.1. The second kappa shape index (κ2) is 12.3. The highest BCUT2D eigenvalue weighted by molar-refractivity contribution is 7.20. The number of nitrogens with one attached hydrogen (secondary N) is 2. The normalized spacial score (nSPS) is 29.6. The first-order chi connectivity index (χ1) is 21.1. The van der Waals surface area contributed by atoms with Crippen molar-refractivity contribution in [2.24, 2.45) is 11.8 Å². The minimum atomic E-state index is -1.36. The summed E-state index contributed by atoms with van der Waals surface area (Å²) in [6.45, 7) is 2.11. The number of aliphatic carboxylic acids is 1. The molecular weight excluding hydrogens is 590 g/mol. The molecule has 0 spiro atoms. The zero-order chi connectivity index (χ0) is 31.0. The van der Waals surface area contributed by atoms with Gasteiger partial charge in [0.2, 0.25) is 11.8 Å². The summed E-state index contributed by atoms with van der Waals surface area (Å²) in [6.07, 6.45) is 4.73. The standard InChI is InChI=1S/C32H36F2N4O5S/c1-18-7-4-2-3-5-10-25(35-21-9-6-8-19(33)13-21)29(40)38-17-22(43-31-36-24-12-11-20(34)14-27(24)44-31)15-26(38)28(39)37-32(30(41)42)16-23(18)32/h6,8-9,11-14,18,22-23,25-26,35H,2-5,7,10,15-17H2,1H3,(H,37,39)(H,41,42)/t18?,22-,23+,25+,26+,32-/m1/s1. The minimum Gasteiger partial charge on any atom is -0.479 e. The van der Waals surface area contributed by atoms with E-state index in [2.05, 4.69) is 15.6 Å². The summed E-state index contributed by atoms with van der Waals surface area (Å²) in [5.41, 5.74) is -0.333. The molecule has 2 amide bonds. The molecule has 3 heterocycles. The van der Waals surface area contributed by atoms with E-state index in [0.29, 0.717) is 33.9 Å². The average Bonchev–Trinajstić information content (AvgIpc) is 3.35. The van der Waals surface area contributed by atoms with Crippen LogP contribution in [0.2, 0.25) is 0 Å². The predicted octanol–water partition coefficient (Wildman–Crippen LogP) is 5.35. The Labute approximate surface area is 258 Å². The molecule has 2 aromatic carbocycles. The number of aromatic nitrogens is 1. The van der Waals surface area contributed by atoms with Crippen molar-refractivity contribution in [2.45, 2.75) is 82.0 Å². The lowest BCUT2D eigenvalue weighted by Gasteiger charge is -2.30. The summed E-state index contributed by atoms with van der Waals surface area (Å²) in [6, 6.07) is 8.44. The van der Waals surface area contributed by atoms with Crippen LogP contribution in [0.4, 0.5) is 14.5 Å². The van der Waals surface area contributed by atoms with E-state index in [9.17, 15) is 28.3 Å². The molecule has 0 bridgehead atoms. The Morgan fingerprint density at radius 3 is 2.66 bits per heavy atom. The Hall–Kier alpha value is -3.80. The number of carbonyl (C=O) groups excluding carboxylic acids is 2. The molecule has 1 saturated carbocycles. The number of hydrogen-bond acceptors (Lipinski definition) is 7. The van der Waals surface area contributed by atoms with Crippen LogP contribution in [0.25, 0.3) is 10.2 Å². The van der Waals surface area contributed by atoms with Gasteiger partial charge in [-0.2, -0.15) is 0 Å². The Morgan fingerprint density at radius 1 is 1.11 bits per heavy atom. The predicted molar refractivity (Wildman–Crippen MR) is 161 cm³/mol. The Morgan fingerprint density at radius 2 is 1.89 bits per heavy atom. The van der Waals surface area contributed by atoms with Gasteiger partial charge < -0.3 is 25.4 Å². The van der Waals surface area contributed by atoms with Gasteiger partial charge in [-0.25, -0.2) is 18.6 Å². The van der Waals surface area contributed by atoms with E-state index >= 15 is 0 Å². The maximum atomic E-state index is 14.2. The second-order valence-corrected chi connectivity index (χ2v) is 13.3. The largest absolute Gasteiger partial charge is 0.479 e. The number of carbonyl (C=O) groups is 3. The molecule has 1 aromatic heterocycles. The van der Waals surface area contributed by atoms with Gasteiger partial charge in [-0.3, -0.25) is 9.59 Å². The van der Waals surface area contributed by atoms with E-state index in [1.54, 1.807) is 18.2 Å². The van der Waals surface area contributed by atoms with Gasteiger partial charge in [-0.05, 0) is 61.1 Å². The first-order valence-electron chi connectivity index (χ1n) is 15.2. The number of amides is 2. The van der Waals surface area contributed by atoms with Crippen molar-refractivity contribution in [1.82, 2.24) is 15.2 Å². The number of thiazole rings is 1. The number of carboxylic acid groups (broad SMARTS) is 1. The van der Waals surface area contributed by atoms with Gasteiger partial charge in [0.25, 0.3) is 5.19 Å². The highest BCUT2D eigenvalue weighted by Crippen LogP contribution is 2.50. The number of benzene rings is 2. The summed E-state index contributed by atoms with van der Waals surface area (Å²) < 4.78 is 34.5. The van der Waals surface area contributed by atoms with Crippen LogP contribution in [0, 0.1) is 23.5 Å². The van der Waals surface area contributed by atoms with Crippen LogP contribution in [0.3, 0.4) is 0 Å². The van der Waals surface area contributed by atoms with Crippen LogP contribution >= 0.6 is 11.3 Å². The maximum Gasteiger partial charge on any atom is 0.329 e. The fraction of sp³-hybridized carbons (Fsp3) is 0.500. The zero-order valence-corrected chi connectivity index (χ0v) is 25.2. The number of hydrogen-bond donors (Lipinski definition) is 3. The third-order valence-electron chi connectivity index (χ3n) is 9.24. The van der Waals surface area contributed by atoms with E-state index in [-0.39, 0.29) is 30.7 Å². The monoisotopic (exact) mass is 626 g/mol. The lowest BCUT2D eigenvalue weighted by molar-refractivity contribution is -0.145. The van der Waals surface area contributed by atoms with Crippen molar-refractivity contribution in [1.29, 1.82) is 0 Å². The Bertz CT molecular complexity index is 1570. The van der Waals surface area contributed by atoms with E-state index < -0.39 is 47.2 Å². The van der Waals surface area contributed by atoms with E-state index in [4.69, 9.17) is 4.74 Å². The molecule has 6 atom stereocenters. The van der Waals surface area contributed by atoms with Crippen molar-refractivity contribution in [3.8, 4) is 5.19 Å². The van der Waals surface area contributed by atoms with Gasteiger partial charge in [0.15, 0.2) is 0 Å². The second-order valence-electron chi connectivity index (χ2n) is 12.3. The smallest absolute Gasteiger partial charge is 0.329 e. The van der Waals surface area contributed by atoms with Gasteiger partial charge >= 0.3 is 5.97 Å². The molecule has 0 radical (unpaired) electrons. The van der Waals surface area contributed by atoms with Gasteiger partial charge in [0.05, 0.1) is 16.8 Å². The van der Waals surface area contributed by atoms with Crippen molar-refractivity contribution >= 4 is 45.0 Å². The third-order valence-corrected chi connectivity index (χ3v) is 10.2. The molecule has 9 nitrogen and oxygen atoms in total. The Kier molecular flexibility index (Phi) is 8.45. The average molecular weight is 627 g/mol. The minimum absolute atomic E-state index is 0.0719. The van der Waals surface area contributed by atoms with Crippen LogP contribution < -0.4 is 15.4 Å². The first kappa shape index (κ1) is 30.2. The fourth-order valence-electron chi connectivity index (χ4n) is 6.77. The number of rotatable bonds is 5. The number of carboxylic acids is 1. The van der Waals surface area contributed by atoms with Crippen molar-refractivity contribution in [3.05, 3.63) is 54.1 Å². The van der Waals surface area contributed by atoms with Crippen molar-refractivity contribution in [2.75, 3.05) is 11.9 Å². The van der Waals surface area contributed by atoms with Gasteiger partial charge in [0.1, 0.15) is 35.4 Å². The van der Waals surface area contributed by atoms with Crippen LogP contribution in [0.1, 0.15) is 58.3 Å². The van der Waals surface area contributed by atoms with Crippen molar-refractivity contribution < 1.29 is 33.0 Å². The molecule has 1 unspecified atom stereocenters. The summed E-state index contributed by atoms with van der Waals surface area (Å²) in [7, 11) is 0. The molecule has 3 N–H and O–H groups in total. The molecule has 2 aliphatic heterocycles. The van der Waals surface area contributed by atoms with Crippen LogP contribution in [0.15, 0.2) is 42.5 Å². The maximum absolute atomic E-state index is 14.2. The quantitative estimate of drug-likeness (QED) is 0.349. The molecule has 2 saturated heterocycles. The lowest BCUT2D eigenvalue weighted by atomic mass is 9.94. The fourth-order valence-corrected chi connectivity index (χ4v) is 7.68. The SMILES string of the molecule is CC1CCCCCC[C@H](Nc2cccc(F)c2)C(=O)N2C[C@H](Oc3nc4ccc(F)cc4s3)C[C@H]2C(=O)N[C@]2(C(=O)O)C[C@@H]12. The third kappa shape index (κ3) is 6.22. The Balaban J connectivity index is 1.29. The van der Waals surface area contributed by atoms with Crippen LogP contribution in [-0.4, -0.2) is 63.0 Å². The number of fused-ring (bicyclic) bond motifs is 3. The number of nitrogens with zero attached hydrogens (tertiary/aromatic N) is 2. The molecule has 3 aliphatic rings. The zero-order valence-electron chi connectivity index (χ0n) is 24.4. The van der Waals surface area contributed by atoms with Gasteiger partial charge in [0, 0.05) is 12.1 Å². The summed E-state index contributed by atoms with van der Waals surface area (Å²) in [4.78, 5) is 46.4. The number of halogens is 2. The highest BCUT2D eigenvalue weighted by atomic mass is 32.1. The molecule has 3 aromatic rings. The van der Waals surface area contributed by atoms with E-state index in [1.807, 2.05) is 6.92 Å². The van der Waals surface area contributed by atoms with Crippen molar-refractivity contribution in [3.63, 3.8) is 0 Å². The summed E-state index contributed by atoms with van der Waals surface area (Å²) >= 11 is 1.17. The topological polar surface area (TPSA) is 121 Å². The summed E-state index contributed by atoms with van der Waals surface area (Å²) in [5, 5.41) is 16.5. The highest BCUT2D eigenvalue weighted by Gasteiger charge is 2.64. The van der Waals surface area contributed by atoms with E-state index in [0.717, 1.165) is 32.1 Å². The molecule has 44 heavy (non-hydrogen) atoms. The molecule has 234 valence electrons. The van der Waals surface area contributed by atoms with Gasteiger partial charge in [-0.1, -0.05) is 56.4 Å². The molecule has 12 heteroatoms. The molecule has 1 aliphatic carbocycles. The van der Waals surface area contributed by atoms with E-state index in [1.165, 1.54) is 40.5 Å².